The van der Waals surface area contributed by atoms with Gasteiger partial charge in [0.1, 0.15) is 6.54 Å². The van der Waals surface area contributed by atoms with E-state index >= 15 is 0 Å². The normalized spacial score (nSPS) is 10.9. The van der Waals surface area contributed by atoms with E-state index in [9.17, 15) is 9.59 Å². The molecule has 0 bridgehead atoms. The first-order valence-corrected chi connectivity index (χ1v) is 8.49. The smallest absolute Gasteiger partial charge is 0.260 e. The topological polar surface area (TPSA) is 86.9 Å². The Hall–Kier alpha value is -2.93. The second-order valence-corrected chi connectivity index (χ2v) is 5.80. The number of nitrogens with zero attached hydrogens (tertiary/aromatic N) is 3. The molecule has 0 aliphatic rings. The third-order valence-corrected chi connectivity index (χ3v) is 3.98. The van der Waals surface area contributed by atoms with Crippen molar-refractivity contribution in [3.8, 4) is 0 Å². The summed E-state index contributed by atoms with van der Waals surface area (Å²) in [6.07, 6.45) is 3.13. The van der Waals surface area contributed by atoms with E-state index < -0.39 is 0 Å². The Labute approximate surface area is 152 Å². The summed E-state index contributed by atoms with van der Waals surface area (Å²) in [5.41, 5.74) is 5.12. The predicted molar refractivity (Wildman–Crippen MR) is 103 cm³/mol. The first-order chi connectivity index (χ1) is 12.5. The second-order valence-electron chi connectivity index (χ2n) is 5.80. The zero-order valence-corrected chi connectivity index (χ0v) is 15.1. The Morgan fingerprint density at radius 3 is 2.81 bits per heavy atom. The molecule has 1 heterocycles. The van der Waals surface area contributed by atoms with E-state index in [0.29, 0.717) is 6.54 Å². The first-order valence-electron chi connectivity index (χ1n) is 8.49. The number of aryl methyl sites for hydroxylation is 1. The van der Waals surface area contributed by atoms with Crippen LogP contribution < -0.4 is 15.9 Å². The molecule has 7 heteroatoms. The number of carbonyl (C=O) groups is 1. The van der Waals surface area contributed by atoms with E-state index in [0.717, 1.165) is 23.4 Å². The van der Waals surface area contributed by atoms with Crippen LogP contribution in [0.2, 0.25) is 0 Å². The standard InChI is InChI=1S/C19H24N4O3/c1-3-22(10-11-24)17-8-7-16(15(2)12-17)13-20-21-18(25)14-23-9-5-4-6-19(23)26/h4-9,12-13,24H,3,10-11,14H2,1-2H3,(H,21,25)/b20-13-. The van der Waals surface area contributed by atoms with E-state index in [4.69, 9.17) is 5.11 Å². The molecule has 0 unspecified atom stereocenters. The summed E-state index contributed by atoms with van der Waals surface area (Å²) < 4.78 is 1.31. The van der Waals surface area contributed by atoms with Crippen LogP contribution in [0, 0.1) is 6.92 Å². The number of anilines is 1. The van der Waals surface area contributed by atoms with Gasteiger partial charge in [-0.2, -0.15) is 5.10 Å². The molecule has 26 heavy (non-hydrogen) atoms. The van der Waals surface area contributed by atoms with Crippen LogP contribution in [0.4, 0.5) is 5.69 Å². The number of rotatable bonds is 8. The fourth-order valence-electron chi connectivity index (χ4n) is 2.55. The predicted octanol–water partition coefficient (Wildman–Crippen LogP) is 1.13. The molecule has 1 aromatic carbocycles. The van der Waals surface area contributed by atoms with Crippen LogP contribution >= 0.6 is 0 Å². The van der Waals surface area contributed by atoms with Crippen LogP contribution in [0.5, 0.6) is 0 Å². The fraction of sp³-hybridized carbons (Fsp3) is 0.316. The van der Waals surface area contributed by atoms with Gasteiger partial charge in [-0.1, -0.05) is 12.1 Å². The number of pyridine rings is 1. The van der Waals surface area contributed by atoms with Gasteiger partial charge in [0, 0.05) is 31.0 Å². The van der Waals surface area contributed by atoms with Crippen LogP contribution in [0.1, 0.15) is 18.1 Å². The molecule has 2 N–H and O–H groups in total. The van der Waals surface area contributed by atoms with Gasteiger partial charge in [0.2, 0.25) is 0 Å². The highest BCUT2D eigenvalue weighted by molar-refractivity contribution is 5.84. The summed E-state index contributed by atoms with van der Waals surface area (Å²) in [5.74, 6) is -0.371. The van der Waals surface area contributed by atoms with Crippen molar-refractivity contribution in [2.45, 2.75) is 20.4 Å². The van der Waals surface area contributed by atoms with E-state index in [1.165, 1.54) is 10.6 Å². The number of nitrogens with one attached hydrogen (secondary N) is 1. The molecular formula is C19H24N4O3. The van der Waals surface area contributed by atoms with Crippen molar-refractivity contribution in [3.63, 3.8) is 0 Å². The molecule has 0 fully saturated rings. The van der Waals surface area contributed by atoms with Crippen molar-refractivity contribution in [1.29, 1.82) is 0 Å². The average Bonchev–Trinajstić information content (AvgIpc) is 2.63. The lowest BCUT2D eigenvalue weighted by molar-refractivity contribution is -0.121. The lowest BCUT2D eigenvalue weighted by Crippen LogP contribution is -2.29. The lowest BCUT2D eigenvalue weighted by atomic mass is 10.1. The maximum absolute atomic E-state index is 11.9. The molecule has 0 radical (unpaired) electrons. The van der Waals surface area contributed by atoms with E-state index in [-0.39, 0.29) is 24.6 Å². The van der Waals surface area contributed by atoms with Crippen molar-refractivity contribution in [2.24, 2.45) is 5.10 Å². The third kappa shape index (κ3) is 5.29. The monoisotopic (exact) mass is 356 g/mol. The molecule has 0 spiro atoms. The maximum Gasteiger partial charge on any atom is 0.260 e. The molecule has 138 valence electrons. The highest BCUT2D eigenvalue weighted by Gasteiger charge is 2.06. The molecule has 0 saturated heterocycles. The number of hydrogen-bond donors (Lipinski definition) is 2. The molecular weight excluding hydrogens is 332 g/mol. The highest BCUT2D eigenvalue weighted by Crippen LogP contribution is 2.18. The van der Waals surface area contributed by atoms with Crippen molar-refractivity contribution < 1.29 is 9.90 Å². The Morgan fingerprint density at radius 1 is 1.35 bits per heavy atom. The minimum atomic E-state index is -0.371. The van der Waals surface area contributed by atoms with Gasteiger partial charge in [0.05, 0.1) is 12.8 Å². The van der Waals surface area contributed by atoms with Crippen LogP contribution in [0.3, 0.4) is 0 Å². The van der Waals surface area contributed by atoms with Gasteiger partial charge in [-0.25, -0.2) is 5.43 Å². The Bertz CT molecular complexity index is 830. The number of amides is 1. The summed E-state index contributed by atoms with van der Waals surface area (Å²) in [4.78, 5) is 25.5. The third-order valence-electron chi connectivity index (χ3n) is 3.98. The van der Waals surface area contributed by atoms with Crippen molar-refractivity contribution in [1.82, 2.24) is 9.99 Å². The van der Waals surface area contributed by atoms with Crippen molar-refractivity contribution in [2.75, 3.05) is 24.6 Å². The molecule has 7 nitrogen and oxygen atoms in total. The van der Waals surface area contributed by atoms with Gasteiger partial charge in [-0.3, -0.25) is 9.59 Å². The summed E-state index contributed by atoms with van der Waals surface area (Å²) in [5, 5.41) is 13.1. The number of aliphatic hydroxyl groups excluding tert-OH is 1. The quantitative estimate of drug-likeness (QED) is 0.548. The van der Waals surface area contributed by atoms with E-state index in [2.05, 4.69) is 15.4 Å². The second kappa shape index (κ2) is 9.53. The number of likely N-dealkylation sites (N-methyl/N-ethyl adjacent to an activating group) is 1. The van der Waals surface area contributed by atoms with Gasteiger partial charge in [0.15, 0.2) is 0 Å². The number of hydrogen-bond acceptors (Lipinski definition) is 5. The van der Waals surface area contributed by atoms with E-state index in [1.54, 1.807) is 24.5 Å². The van der Waals surface area contributed by atoms with Crippen molar-refractivity contribution in [3.05, 3.63) is 64.1 Å². The molecule has 2 aromatic rings. The molecule has 1 amide bonds. The fourth-order valence-corrected chi connectivity index (χ4v) is 2.55. The molecule has 0 saturated carbocycles. The molecule has 2 rings (SSSR count). The largest absolute Gasteiger partial charge is 0.395 e. The molecule has 1 aromatic heterocycles. The van der Waals surface area contributed by atoms with Crippen molar-refractivity contribution >= 4 is 17.8 Å². The first kappa shape index (κ1) is 19.4. The number of carbonyl (C=O) groups excluding carboxylic acids is 1. The zero-order chi connectivity index (χ0) is 18.9. The van der Waals surface area contributed by atoms with Gasteiger partial charge in [-0.05, 0) is 43.2 Å². The minimum absolute atomic E-state index is 0.0818. The number of hydrazone groups is 1. The minimum Gasteiger partial charge on any atom is -0.395 e. The number of aliphatic hydroxyl groups is 1. The Balaban J connectivity index is 1.98. The average molecular weight is 356 g/mol. The molecule has 0 aliphatic carbocycles. The molecule has 0 atom stereocenters. The van der Waals surface area contributed by atoms with Crippen LogP contribution in [-0.2, 0) is 11.3 Å². The summed E-state index contributed by atoms with van der Waals surface area (Å²) in [7, 11) is 0. The van der Waals surface area contributed by atoms with Gasteiger partial charge in [-0.15, -0.1) is 0 Å². The molecule has 0 aliphatic heterocycles. The SMILES string of the molecule is CCN(CCO)c1ccc(/C=N\NC(=O)Cn2ccccc2=O)c(C)c1. The summed E-state index contributed by atoms with van der Waals surface area (Å²) >= 11 is 0. The van der Waals surface area contributed by atoms with Crippen LogP contribution in [0.15, 0.2) is 52.5 Å². The van der Waals surface area contributed by atoms with Crippen LogP contribution in [-0.4, -0.2) is 41.5 Å². The maximum atomic E-state index is 11.9. The summed E-state index contributed by atoms with van der Waals surface area (Å²) in [6.45, 7) is 5.41. The summed E-state index contributed by atoms with van der Waals surface area (Å²) in [6, 6.07) is 10.6. The highest BCUT2D eigenvalue weighted by atomic mass is 16.3. The van der Waals surface area contributed by atoms with E-state index in [1.807, 2.05) is 32.0 Å². The lowest BCUT2D eigenvalue weighted by Gasteiger charge is -2.22. The Kier molecular flexibility index (Phi) is 7.11. The number of aromatic nitrogens is 1. The Morgan fingerprint density at radius 2 is 2.15 bits per heavy atom. The zero-order valence-electron chi connectivity index (χ0n) is 15.1. The van der Waals surface area contributed by atoms with Crippen LogP contribution in [0.25, 0.3) is 0 Å². The van der Waals surface area contributed by atoms with Gasteiger partial charge < -0.3 is 14.6 Å². The van der Waals surface area contributed by atoms with Gasteiger partial charge >= 0.3 is 0 Å². The van der Waals surface area contributed by atoms with Gasteiger partial charge in [0.25, 0.3) is 11.5 Å². The number of benzene rings is 1.